The van der Waals surface area contributed by atoms with E-state index in [-0.39, 0.29) is 6.10 Å². The monoisotopic (exact) mass is 408 g/mol. The summed E-state index contributed by atoms with van der Waals surface area (Å²) in [6.07, 6.45) is 1.73. The molecule has 1 atom stereocenters. The second-order valence-corrected chi connectivity index (χ2v) is 7.41. The van der Waals surface area contributed by atoms with Crippen molar-refractivity contribution in [1.82, 2.24) is 25.1 Å². The lowest BCUT2D eigenvalue weighted by atomic mass is 10.0. The van der Waals surface area contributed by atoms with Gasteiger partial charge in [-0.15, -0.1) is 10.2 Å². The predicted octanol–water partition coefficient (Wildman–Crippen LogP) is 1.64. The molecule has 2 aliphatic rings. The molecule has 1 unspecified atom stereocenters. The van der Waals surface area contributed by atoms with E-state index in [9.17, 15) is 8.78 Å². The van der Waals surface area contributed by atoms with Gasteiger partial charge in [-0.1, -0.05) is 0 Å². The Morgan fingerprint density at radius 3 is 2.76 bits per heavy atom. The number of methoxy groups -OCH3 is 1. The molecule has 8 nitrogen and oxygen atoms in total. The lowest BCUT2D eigenvalue weighted by Crippen LogP contribution is -2.49. The summed E-state index contributed by atoms with van der Waals surface area (Å²) in [5, 5.41) is 12.6. The highest BCUT2D eigenvalue weighted by Gasteiger charge is 2.32. The first-order valence-electron chi connectivity index (χ1n) is 9.96. The summed E-state index contributed by atoms with van der Waals surface area (Å²) in [5.41, 5.74) is 0.735. The summed E-state index contributed by atoms with van der Waals surface area (Å²) in [7, 11) is 1.64. The summed E-state index contributed by atoms with van der Waals surface area (Å²) in [5.74, 6) is -1.01. The zero-order chi connectivity index (χ0) is 20.2. The SMILES string of the molecule is COCCn1nnc(C2CN(C3CCN(c4ccc(F)c(F)c4)CC3)CCO2)n1. The number of benzene rings is 1. The fourth-order valence-corrected chi connectivity index (χ4v) is 3.98. The van der Waals surface area contributed by atoms with E-state index in [0.717, 1.165) is 44.7 Å². The Balaban J connectivity index is 1.32. The Hall–Kier alpha value is -2.17. The van der Waals surface area contributed by atoms with E-state index in [0.29, 0.717) is 31.6 Å². The molecule has 0 radical (unpaired) electrons. The third-order valence-corrected chi connectivity index (χ3v) is 5.60. The standard InChI is InChI=1S/C19H26F2N6O2/c1-28-10-9-27-23-19(22-24-27)18-13-26(8-11-29-18)14-4-6-25(7-5-14)15-2-3-16(20)17(21)12-15/h2-3,12,14,18H,4-11,13H2,1H3. The highest BCUT2D eigenvalue weighted by atomic mass is 19.2. The number of nitrogens with zero attached hydrogens (tertiary/aromatic N) is 6. The van der Waals surface area contributed by atoms with Crippen molar-refractivity contribution in [3.05, 3.63) is 35.7 Å². The van der Waals surface area contributed by atoms with Crippen molar-refractivity contribution in [2.45, 2.75) is 31.5 Å². The fourth-order valence-electron chi connectivity index (χ4n) is 3.98. The van der Waals surface area contributed by atoms with Gasteiger partial charge in [0.05, 0.1) is 19.8 Å². The van der Waals surface area contributed by atoms with Gasteiger partial charge >= 0.3 is 0 Å². The number of ether oxygens (including phenoxy) is 2. The van der Waals surface area contributed by atoms with Crippen LogP contribution in [0.2, 0.25) is 0 Å². The minimum atomic E-state index is -0.809. The van der Waals surface area contributed by atoms with Gasteiger partial charge < -0.3 is 14.4 Å². The number of tetrazole rings is 1. The van der Waals surface area contributed by atoms with Crippen LogP contribution in [-0.4, -0.2) is 77.7 Å². The topological polar surface area (TPSA) is 68.5 Å². The highest BCUT2D eigenvalue weighted by molar-refractivity contribution is 5.47. The molecule has 0 amide bonds. The largest absolute Gasteiger partial charge is 0.383 e. The first-order valence-corrected chi connectivity index (χ1v) is 9.96. The molecule has 2 aromatic rings. The Morgan fingerprint density at radius 2 is 2.00 bits per heavy atom. The molecule has 10 heteroatoms. The zero-order valence-electron chi connectivity index (χ0n) is 16.5. The van der Waals surface area contributed by atoms with Gasteiger partial charge in [-0.2, -0.15) is 4.80 Å². The van der Waals surface area contributed by atoms with E-state index in [1.54, 1.807) is 13.2 Å². The van der Waals surface area contributed by atoms with Crippen LogP contribution in [0, 0.1) is 11.6 Å². The van der Waals surface area contributed by atoms with E-state index in [2.05, 4.69) is 25.2 Å². The molecule has 0 saturated carbocycles. The van der Waals surface area contributed by atoms with Crippen LogP contribution in [0.3, 0.4) is 0 Å². The Labute approximate surface area is 168 Å². The van der Waals surface area contributed by atoms with Crippen LogP contribution in [0.15, 0.2) is 18.2 Å². The predicted molar refractivity (Wildman–Crippen MR) is 102 cm³/mol. The number of hydrogen-bond acceptors (Lipinski definition) is 7. The van der Waals surface area contributed by atoms with Gasteiger partial charge in [0.2, 0.25) is 5.82 Å². The molecular weight excluding hydrogens is 382 g/mol. The average Bonchev–Trinajstić information content (AvgIpc) is 3.23. The molecule has 29 heavy (non-hydrogen) atoms. The molecule has 158 valence electrons. The smallest absolute Gasteiger partial charge is 0.204 e. The second kappa shape index (κ2) is 9.10. The highest BCUT2D eigenvalue weighted by Crippen LogP contribution is 2.27. The fraction of sp³-hybridized carbons (Fsp3) is 0.632. The van der Waals surface area contributed by atoms with Gasteiger partial charge in [0.1, 0.15) is 6.10 Å². The second-order valence-electron chi connectivity index (χ2n) is 7.41. The molecule has 4 rings (SSSR count). The van der Waals surface area contributed by atoms with Crippen molar-refractivity contribution in [2.24, 2.45) is 0 Å². The first-order chi connectivity index (χ1) is 14.1. The summed E-state index contributed by atoms with van der Waals surface area (Å²) in [6.45, 7) is 4.93. The van der Waals surface area contributed by atoms with Crippen LogP contribution in [0.4, 0.5) is 14.5 Å². The lowest BCUT2D eigenvalue weighted by molar-refractivity contribution is -0.0520. The maximum absolute atomic E-state index is 13.5. The van der Waals surface area contributed by atoms with Crippen molar-refractivity contribution in [3.63, 3.8) is 0 Å². The molecule has 0 N–H and O–H groups in total. The molecule has 2 aliphatic heterocycles. The maximum Gasteiger partial charge on any atom is 0.204 e. The third-order valence-electron chi connectivity index (χ3n) is 5.60. The van der Waals surface area contributed by atoms with E-state index >= 15 is 0 Å². The van der Waals surface area contributed by atoms with Crippen LogP contribution < -0.4 is 4.90 Å². The van der Waals surface area contributed by atoms with Gasteiger partial charge in [-0.25, -0.2) is 8.78 Å². The van der Waals surface area contributed by atoms with Crippen LogP contribution in [0.1, 0.15) is 24.8 Å². The number of aromatic nitrogens is 4. The van der Waals surface area contributed by atoms with Crippen LogP contribution in [-0.2, 0) is 16.0 Å². The normalized spacial score (nSPS) is 21.6. The zero-order valence-corrected chi connectivity index (χ0v) is 16.5. The summed E-state index contributed by atoms with van der Waals surface area (Å²) >= 11 is 0. The average molecular weight is 408 g/mol. The van der Waals surface area contributed by atoms with E-state index in [1.165, 1.54) is 16.9 Å². The summed E-state index contributed by atoms with van der Waals surface area (Å²) < 4.78 is 37.6. The summed E-state index contributed by atoms with van der Waals surface area (Å²) in [6, 6.07) is 4.53. The number of rotatable bonds is 6. The van der Waals surface area contributed by atoms with E-state index < -0.39 is 11.6 Å². The Bertz CT molecular complexity index is 812. The number of piperidine rings is 1. The Morgan fingerprint density at radius 1 is 1.17 bits per heavy atom. The maximum atomic E-state index is 13.5. The van der Waals surface area contributed by atoms with Gasteiger partial charge in [0.15, 0.2) is 11.6 Å². The van der Waals surface area contributed by atoms with Crippen molar-refractivity contribution < 1.29 is 18.3 Å². The molecule has 2 fully saturated rings. The number of halogens is 2. The van der Waals surface area contributed by atoms with Crippen molar-refractivity contribution >= 4 is 5.69 Å². The van der Waals surface area contributed by atoms with Crippen molar-refractivity contribution in [1.29, 1.82) is 0 Å². The molecule has 0 bridgehead atoms. The van der Waals surface area contributed by atoms with Gasteiger partial charge in [-0.05, 0) is 30.2 Å². The molecule has 0 aliphatic carbocycles. The molecule has 1 aromatic carbocycles. The van der Waals surface area contributed by atoms with Gasteiger partial charge in [0.25, 0.3) is 0 Å². The molecule has 3 heterocycles. The van der Waals surface area contributed by atoms with Crippen LogP contribution in [0.5, 0.6) is 0 Å². The molecular formula is C19H26F2N6O2. The first kappa shape index (κ1) is 20.1. The van der Waals surface area contributed by atoms with Crippen molar-refractivity contribution in [3.8, 4) is 0 Å². The molecule has 2 saturated heterocycles. The molecule has 0 spiro atoms. The van der Waals surface area contributed by atoms with Crippen molar-refractivity contribution in [2.75, 3.05) is 51.4 Å². The number of hydrogen-bond donors (Lipinski definition) is 0. The van der Waals surface area contributed by atoms with E-state index in [4.69, 9.17) is 9.47 Å². The van der Waals surface area contributed by atoms with Gasteiger partial charge in [-0.3, -0.25) is 4.90 Å². The minimum absolute atomic E-state index is 0.190. The number of morpholine rings is 1. The minimum Gasteiger partial charge on any atom is -0.383 e. The van der Waals surface area contributed by atoms with Gasteiger partial charge in [0, 0.05) is 51.1 Å². The van der Waals surface area contributed by atoms with E-state index in [1.807, 2.05) is 0 Å². The lowest BCUT2D eigenvalue weighted by Gasteiger charge is -2.42. The Kier molecular flexibility index (Phi) is 6.31. The third kappa shape index (κ3) is 4.71. The molecule has 1 aromatic heterocycles. The number of anilines is 1. The summed E-state index contributed by atoms with van der Waals surface area (Å²) in [4.78, 5) is 6.06. The van der Waals surface area contributed by atoms with Crippen LogP contribution in [0.25, 0.3) is 0 Å². The van der Waals surface area contributed by atoms with Crippen LogP contribution >= 0.6 is 0 Å². The quantitative estimate of drug-likeness (QED) is 0.720.